The maximum Gasteiger partial charge on any atom is 0.256 e. The Bertz CT molecular complexity index is 611. The van der Waals surface area contributed by atoms with Gasteiger partial charge in [0.1, 0.15) is 5.82 Å². The topological polar surface area (TPSA) is 3.24 Å². The van der Waals surface area contributed by atoms with Crippen molar-refractivity contribution in [2.45, 2.75) is 13.3 Å². The second-order valence-corrected chi connectivity index (χ2v) is 5.25. The van der Waals surface area contributed by atoms with Gasteiger partial charge in [0.25, 0.3) is 6.43 Å². The van der Waals surface area contributed by atoms with Crippen LogP contribution in [0.4, 0.5) is 13.2 Å². The summed E-state index contributed by atoms with van der Waals surface area (Å²) < 4.78 is 39.1. The number of halogens is 4. The second-order valence-electron chi connectivity index (χ2n) is 4.39. The van der Waals surface area contributed by atoms with Gasteiger partial charge in [0, 0.05) is 32.7 Å². The van der Waals surface area contributed by atoms with E-state index in [0.717, 1.165) is 5.57 Å². The van der Waals surface area contributed by atoms with E-state index >= 15 is 0 Å². The molecule has 0 unspecified atom stereocenters. The maximum absolute atomic E-state index is 13.1. The molecule has 1 heterocycles. The predicted molar refractivity (Wildman–Crippen MR) is 76.4 cm³/mol. The smallest absolute Gasteiger partial charge is 0.256 e. The number of rotatable bonds is 3. The van der Waals surface area contributed by atoms with Crippen LogP contribution in [0.1, 0.15) is 12.5 Å². The van der Waals surface area contributed by atoms with Crippen molar-refractivity contribution >= 4 is 21.6 Å². The van der Waals surface area contributed by atoms with Gasteiger partial charge in [-0.15, -0.1) is 11.6 Å². The Morgan fingerprint density at radius 3 is 2.62 bits per heavy atom. The third-order valence-electron chi connectivity index (χ3n) is 2.98. The molecule has 1 radical (unpaired) electrons. The molecule has 1 nitrogen and oxygen atoms in total. The summed E-state index contributed by atoms with van der Waals surface area (Å²) in [6.45, 7) is 5.13. The van der Waals surface area contributed by atoms with Gasteiger partial charge in [-0.05, 0) is 22.3 Å². The first-order valence-electron chi connectivity index (χ1n) is 5.91. The minimum Gasteiger partial charge on any atom is -0.370 e. The SMILES string of the molecule is C=C1C(C)=C[C-]=C(c2ccc(F)cc2Br)N1CC(F)F.[Y]. The van der Waals surface area contributed by atoms with E-state index in [9.17, 15) is 13.2 Å². The third kappa shape index (κ3) is 4.30. The molecular weight excluding hydrogens is 420 g/mol. The molecule has 109 valence electrons. The van der Waals surface area contributed by atoms with Crippen molar-refractivity contribution in [1.29, 1.82) is 0 Å². The number of alkyl halides is 2. The average molecular weight is 432 g/mol. The van der Waals surface area contributed by atoms with E-state index in [4.69, 9.17) is 0 Å². The van der Waals surface area contributed by atoms with Crippen molar-refractivity contribution < 1.29 is 45.9 Å². The summed E-state index contributed by atoms with van der Waals surface area (Å²) in [7, 11) is 0. The van der Waals surface area contributed by atoms with Crippen molar-refractivity contribution in [1.82, 2.24) is 4.90 Å². The number of benzene rings is 1. The van der Waals surface area contributed by atoms with E-state index in [1.165, 1.54) is 23.1 Å². The molecule has 1 aliphatic heterocycles. The minimum absolute atomic E-state index is 0. The van der Waals surface area contributed by atoms with Gasteiger partial charge >= 0.3 is 0 Å². The predicted octanol–water partition coefficient (Wildman–Crippen LogP) is 4.77. The van der Waals surface area contributed by atoms with Crippen LogP contribution in [0.3, 0.4) is 0 Å². The van der Waals surface area contributed by atoms with Gasteiger partial charge < -0.3 is 4.90 Å². The zero-order valence-electron chi connectivity index (χ0n) is 11.3. The molecule has 0 spiro atoms. The molecule has 0 saturated heterocycles. The second kappa shape index (κ2) is 7.75. The quantitative estimate of drug-likeness (QED) is 0.623. The molecule has 1 aromatic rings. The van der Waals surface area contributed by atoms with Gasteiger partial charge in [0.05, 0.1) is 6.54 Å². The molecule has 0 aromatic heterocycles. The van der Waals surface area contributed by atoms with Crippen molar-refractivity contribution in [3.8, 4) is 0 Å². The van der Waals surface area contributed by atoms with Gasteiger partial charge in [-0.1, -0.05) is 40.7 Å². The molecule has 0 fully saturated rings. The molecule has 0 aliphatic carbocycles. The Morgan fingerprint density at radius 1 is 1.38 bits per heavy atom. The van der Waals surface area contributed by atoms with Crippen LogP contribution in [0.5, 0.6) is 0 Å². The Balaban J connectivity index is 0.00000220. The van der Waals surface area contributed by atoms with Crippen molar-refractivity contribution in [2.24, 2.45) is 0 Å². The summed E-state index contributed by atoms with van der Waals surface area (Å²) in [5.41, 5.74) is 2.31. The molecule has 0 N–H and O–H groups in total. The third-order valence-corrected chi connectivity index (χ3v) is 3.64. The zero-order chi connectivity index (χ0) is 14.9. The van der Waals surface area contributed by atoms with Crippen molar-refractivity contribution in [3.63, 3.8) is 0 Å². The number of hydrogen-bond donors (Lipinski definition) is 0. The molecule has 6 heteroatoms. The summed E-state index contributed by atoms with van der Waals surface area (Å²) >= 11 is 3.25. The molecule has 0 amide bonds. The van der Waals surface area contributed by atoms with Crippen molar-refractivity contribution in [2.75, 3.05) is 6.54 Å². The standard InChI is InChI=1S/C15H12BrF3N.Y/c1-9-3-6-14(20(10(9)2)8-15(18)19)12-5-4-11(17)7-13(12)16;/h3-5,7,15H,2,8H2,1H3;/q-1;. The van der Waals surface area contributed by atoms with E-state index in [1.807, 2.05) is 0 Å². The molecule has 0 atom stereocenters. The first-order chi connectivity index (χ1) is 9.40. The Labute approximate surface area is 155 Å². The molecule has 1 aromatic carbocycles. The number of nitrogens with zero attached hydrogens (tertiary/aromatic N) is 1. The maximum atomic E-state index is 13.1. The average Bonchev–Trinajstić information content (AvgIpc) is 2.36. The van der Waals surface area contributed by atoms with Gasteiger partial charge in [-0.25, -0.2) is 13.2 Å². The number of allylic oxidation sites excluding steroid dienone is 3. The van der Waals surface area contributed by atoms with E-state index < -0.39 is 18.8 Å². The van der Waals surface area contributed by atoms with Crippen LogP contribution < -0.4 is 0 Å². The van der Waals surface area contributed by atoms with Crippen LogP contribution in [-0.2, 0) is 32.7 Å². The van der Waals surface area contributed by atoms with Gasteiger partial charge in [-0.2, -0.15) is 12.2 Å². The van der Waals surface area contributed by atoms with Crippen LogP contribution in [-0.4, -0.2) is 17.9 Å². The first-order valence-corrected chi connectivity index (χ1v) is 6.70. The summed E-state index contributed by atoms with van der Waals surface area (Å²) in [6.07, 6.45) is 2.15. The fraction of sp³-hybridized carbons (Fsp3) is 0.200. The normalized spacial score (nSPS) is 14.8. The first kappa shape index (κ1) is 18.7. The van der Waals surface area contributed by atoms with Crippen LogP contribution in [0.2, 0.25) is 0 Å². The molecule has 0 bridgehead atoms. The van der Waals surface area contributed by atoms with Crippen molar-refractivity contribution in [3.05, 3.63) is 64.1 Å². The van der Waals surface area contributed by atoms with Gasteiger partial charge in [0.2, 0.25) is 0 Å². The van der Waals surface area contributed by atoms with E-state index in [-0.39, 0.29) is 32.7 Å². The largest absolute Gasteiger partial charge is 0.370 e. The Hall–Kier alpha value is -0.386. The molecule has 1 aliphatic rings. The van der Waals surface area contributed by atoms with E-state index in [0.29, 0.717) is 21.4 Å². The summed E-state index contributed by atoms with van der Waals surface area (Å²) in [6, 6.07) is 4.10. The fourth-order valence-electron chi connectivity index (χ4n) is 1.93. The summed E-state index contributed by atoms with van der Waals surface area (Å²) in [5.74, 6) is -0.400. The van der Waals surface area contributed by atoms with Crippen LogP contribution in [0.25, 0.3) is 5.70 Å². The Morgan fingerprint density at radius 2 is 2.05 bits per heavy atom. The van der Waals surface area contributed by atoms with E-state index in [2.05, 4.69) is 28.6 Å². The summed E-state index contributed by atoms with van der Waals surface area (Å²) in [5, 5.41) is 0. The number of hydrogen-bond acceptors (Lipinski definition) is 1. The van der Waals surface area contributed by atoms with E-state index in [1.54, 1.807) is 13.0 Å². The Kier molecular flexibility index (Phi) is 6.89. The molecule has 0 saturated carbocycles. The zero-order valence-corrected chi connectivity index (χ0v) is 15.8. The van der Waals surface area contributed by atoms with Gasteiger partial charge in [-0.3, -0.25) is 0 Å². The monoisotopic (exact) mass is 431 g/mol. The molecule has 2 rings (SSSR count). The van der Waals surface area contributed by atoms with Crippen LogP contribution >= 0.6 is 15.9 Å². The summed E-state index contributed by atoms with van der Waals surface area (Å²) in [4.78, 5) is 1.40. The molecule has 21 heavy (non-hydrogen) atoms. The van der Waals surface area contributed by atoms with Crippen LogP contribution in [0.15, 0.2) is 46.6 Å². The van der Waals surface area contributed by atoms with Gasteiger partial charge in [0.15, 0.2) is 0 Å². The molecular formula is C15H12BrF3NY-. The fourth-order valence-corrected chi connectivity index (χ4v) is 2.47. The van der Waals surface area contributed by atoms with Crippen LogP contribution in [0, 0.1) is 11.9 Å². The minimum atomic E-state index is -2.51.